The smallest absolute Gasteiger partial charge is 0.319 e. The lowest BCUT2D eigenvalue weighted by atomic mass is 9.65. The summed E-state index contributed by atoms with van der Waals surface area (Å²) in [5.74, 6) is 0.360. The molecule has 2 aliphatic carbocycles. The average Bonchev–Trinajstić information content (AvgIpc) is 2.72. The van der Waals surface area contributed by atoms with Crippen LogP contribution < -0.4 is 4.74 Å². The van der Waals surface area contributed by atoms with E-state index in [1.807, 2.05) is 39.0 Å². The van der Waals surface area contributed by atoms with Crippen molar-refractivity contribution >= 4 is 27.7 Å². The number of carbonyl (C=O) groups is 2. The number of Topliss-reactive ketones (excluding diaryl/α,β-unsaturated/α-hetero) is 1. The van der Waals surface area contributed by atoms with Crippen LogP contribution in [0.15, 0.2) is 30.3 Å². The van der Waals surface area contributed by atoms with Gasteiger partial charge in [-0.3, -0.25) is 9.59 Å². The SMILES string of the molecule is CC12CCC(C(=O)Oc3ccccc3)(C(Br)C1=O)C2(C)C. The summed E-state index contributed by atoms with van der Waals surface area (Å²) < 4.78 is 5.60. The van der Waals surface area contributed by atoms with E-state index in [9.17, 15) is 9.59 Å². The van der Waals surface area contributed by atoms with Gasteiger partial charge in [-0.25, -0.2) is 0 Å². The van der Waals surface area contributed by atoms with Crippen LogP contribution in [0.5, 0.6) is 5.75 Å². The molecule has 2 fully saturated rings. The molecule has 4 heteroatoms. The maximum Gasteiger partial charge on any atom is 0.319 e. The van der Waals surface area contributed by atoms with Gasteiger partial charge < -0.3 is 4.74 Å². The monoisotopic (exact) mass is 350 g/mol. The van der Waals surface area contributed by atoms with Gasteiger partial charge in [0.2, 0.25) is 0 Å². The predicted molar refractivity (Wildman–Crippen MR) is 83.4 cm³/mol. The van der Waals surface area contributed by atoms with Crippen molar-refractivity contribution in [3.8, 4) is 5.75 Å². The number of benzene rings is 1. The summed E-state index contributed by atoms with van der Waals surface area (Å²) in [6.45, 7) is 6.02. The minimum Gasteiger partial charge on any atom is -0.426 e. The fraction of sp³-hybridized carbons (Fsp3) is 0.529. The second-order valence-electron chi connectivity index (χ2n) is 6.86. The zero-order chi connectivity index (χ0) is 15.5. The van der Waals surface area contributed by atoms with E-state index >= 15 is 0 Å². The van der Waals surface area contributed by atoms with Crippen LogP contribution in [-0.4, -0.2) is 16.6 Å². The highest BCUT2D eigenvalue weighted by Crippen LogP contribution is 2.72. The van der Waals surface area contributed by atoms with E-state index < -0.39 is 21.1 Å². The van der Waals surface area contributed by atoms with Crippen molar-refractivity contribution < 1.29 is 14.3 Å². The third-order valence-electron chi connectivity index (χ3n) is 6.04. The lowest BCUT2D eigenvalue weighted by Crippen LogP contribution is -2.47. The van der Waals surface area contributed by atoms with Crippen LogP contribution >= 0.6 is 15.9 Å². The third-order valence-corrected chi connectivity index (χ3v) is 7.24. The number of hydrogen-bond donors (Lipinski definition) is 0. The second-order valence-corrected chi connectivity index (χ2v) is 7.77. The molecule has 3 unspecified atom stereocenters. The van der Waals surface area contributed by atoms with Crippen molar-refractivity contribution in [1.29, 1.82) is 0 Å². The lowest BCUT2D eigenvalue weighted by molar-refractivity contribution is -0.150. The fourth-order valence-electron chi connectivity index (χ4n) is 4.09. The fourth-order valence-corrected chi connectivity index (χ4v) is 5.58. The molecule has 2 aliphatic rings. The molecule has 0 heterocycles. The highest BCUT2D eigenvalue weighted by atomic mass is 79.9. The largest absolute Gasteiger partial charge is 0.426 e. The summed E-state index contributed by atoms with van der Waals surface area (Å²) in [5, 5.41) is 0. The van der Waals surface area contributed by atoms with Crippen LogP contribution in [0.25, 0.3) is 0 Å². The van der Waals surface area contributed by atoms with Gasteiger partial charge in [0.15, 0.2) is 5.78 Å². The topological polar surface area (TPSA) is 43.4 Å². The molecule has 0 radical (unpaired) electrons. The van der Waals surface area contributed by atoms with Crippen molar-refractivity contribution in [1.82, 2.24) is 0 Å². The van der Waals surface area contributed by atoms with Crippen molar-refractivity contribution in [2.24, 2.45) is 16.2 Å². The van der Waals surface area contributed by atoms with Gasteiger partial charge >= 0.3 is 5.97 Å². The zero-order valence-corrected chi connectivity index (χ0v) is 14.1. The maximum absolute atomic E-state index is 12.9. The van der Waals surface area contributed by atoms with E-state index in [1.165, 1.54) is 0 Å². The summed E-state index contributed by atoms with van der Waals surface area (Å²) in [7, 11) is 0. The average molecular weight is 351 g/mol. The van der Waals surface area contributed by atoms with E-state index in [0.29, 0.717) is 12.2 Å². The van der Waals surface area contributed by atoms with E-state index in [2.05, 4.69) is 15.9 Å². The van der Waals surface area contributed by atoms with Crippen LogP contribution in [0.3, 0.4) is 0 Å². The Labute approximate surface area is 133 Å². The van der Waals surface area contributed by atoms with Crippen molar-refractivity contribution in [3.63, 3.8) is 0 Å². The molecule has 21 heavy (non-hydrogen) atoms. The Kier molecular flexibility index (Phi) is 3.11. The molecule has 0 amide bonds. The molecule has 3 atom stereocenters. The molecular formula is C17H19BrO3. The number of fused-ring (bicyclic) bond motifs is 2. The number of hydrogen-bond acceptors (Lipinski definition) is 3. The number of ether oxygens (including phenoxy) is 1. The predicted octanol–water partition coefficient (Wildman–Crippen LogP) is 3.75. The minimum absolute atomic E-state index is 0.128. The van der Waals surface area contributed by atoms with Gasteiger partial charge in [0, 0.05) is 5.41 Å². The van der Waals surface area contributed by atoms with Crippen LogP contribution in [0.1, 0.15) is 33.6 Å². The molecular weight excluding hydrogens is 332 g/mol. The Bertz CT molecular complexity index is 610. The molecule has 2 bridgehead atoms. The molecule has 2 saturated carbocycles. The van der Waals surface area contributed by atoms with Gasteiger partial charge in [0.05, 0.1) is 10.2 Å². The molecule has 0 saturated heterocycles. The highest BCUT2D eigenvalue weighted by Gasteiger charge is 2.77. The molecule has 0 aromatic heterocycles. The molecule has 0 N–H and O–H groups in total. The normalized spacial score (nSPS) is 36.8. The number of ketones is 1. The molecule has 3 rings (SSSR count). The summed E-state index contributed by atoms with van der Waals surface area (Å²) in [5.41, 5.74) is -1.66. The van der Waals surface area contributed by atoms with Crippen molar-refractivity contribution in [2.75, 3.05) is 0 Å². The molecule has 0 spiro atoms. The summed E-state index contributed by atoms with van der Waals surface area (Å²) >= 11 is 3.49. The van der Waals surface area contributed by atoms with E-state index in [0.717, 1.165) is 6.42 Å². The summed E-state index contributed by atoms with van der Waals surface area (Å²) in [4.78, 5) is 25.1. The number of esters is 1. The van der Waals surface area contributed by atoms with Gasteiger partial charge in [0.25, 0.3) is 0 Å². The maximum atomic E-state index is 12.9. The Balaban J connectivity index is 2.00. The first kappa shape index (κ1) is 14.8. The zero-order valence-electron chi connectivity index (χ0n) is 12.5. The quantitative estimate of drug-likeness (QED) is 0.463. The second kappa shape index (κ2) is 4.42. The van der Waals surface area contributed by atoms with Crippen LogP contribution in [0, 0.1) is 16.2 Å². The van der Waals surface area contributed by atoms with Crippen LogP contribution in [0.2, 0.25) is 0 Å². The van der Waals surface area contributed by atoms with Gasteiger partial charge in [-0.05, 0) is 30.4 Å². The third kappa shape index (κ3) is 1.60. The van der Waals surface area contributed by atoms with Crippen molar-refractivity contribution in [2.45, 2.75) is 38.4 Å². The first-order valence-electron chi connectivity index (χ1n) is 7.23. The van der Waals surface area contributed by atoms with Crippen LogP contribution in [0.4, 0.5) is 0 Å². The Morgan fingerprint density at radius 3 is 2.33 bits per heavy atom. The Morgan fingerprint density at radius 2 is 1.81 bits per heavy atom. The molecule has 1 aromatic carbocycles. The Hall–Kier alpha value is -1.16. The highest BCUT2D eigenvalue weighted by molar-refractivity contribution is 9.10. The summed E-state index contributed by atoms with van der Waals surface area (Å²) in [6.07, 6.45) is 1.43. The Morgan fingerprint density at radius 1 is 1.19 bits per heavy atom. The standard InChI is InChI=1S/C17H19BrO3/c1-15(2)16(3)9-10-17(15,12(18)13(16)19)14(20)21-11-7-5-4-6-8-11/h4-8,12H,9-10H2,1-3H3. The van der Waals surface area contributed by atoms with Crippen molar-refractivity contribution in [3.05, 3.63) is 30.3 Å². The van der Waals surface area contributed by atoms with Crippen LogP contribution in [-0.2, 0) is 9.59 Å². The molecule has 112 valence electrons. The number of alkyl halides is 1. The van der Waals surface area contributed by atoms with E-state index in [4.69, 9.17) is 4.74 Å². The lowest BCUT2D eigenvalue weighted by Gasteiger charge is -2.38. The summed E-state index contributed by atoms with van der Waals surface area (Å²) in [6, 6.07) is 9.05. The number of para-hydroxylation sites is 1. The number of halogens is 1. The number of carbonyl (C=O) groups excluding carboxylic acids is 2. The first-order chi connectivity index (χ1) is 9.77. The van der Waals surface area contributed by atoms with Gasteiger partial charge in [-0.1, -0.05) is 54.9 Å². The van der Waals surface area contributed by atoms with E-state index in [-0.39, 0.29) is 11.8 Å². The molecule has 3 nitrogen and oxygen atoms in total. The van der Waals surface area contributed by atoms with Gasteiger partial charge in [-0.2, -0.15) is 0 Å². The van der Waals surface area contributed by atoms with Gasteiger partial charge in [0.1, 0.15) is 5.75 Å². The first-order valence-corrected chi connectivity index (χ1v) is 8.15. The van der Waals surface area contributed by atoms with Gasteiger partial charge in [-0.15, -0.1) is 0 Å². The molecule has 1 aromatic rings. The minimum atomic E-state index is -0.783. The number of rotatable bonds is 2. The molecule has 0 aliphatic heterocycles. The van der Waals surface area contributed by atoms with E-state index in [1.54, 1.807) is 12.1 Å².